The van der Waals surface area contributed by atoms with Gasteiger partial charge in [-0.05, 0) is 23.6 Å². The fraction of sp³-hybridized carbons (Fsp3) is 0.0714. The number of hydrogen-bond acceptors (Lipinski definition) is 3. The topological polar surface area (TPSA) is 22.1 Å². The first-order valence-corrected chi connectivity index (χ1v) is 6.22. The summed E-state index contributed by atoms with van der Waals surface area (Å²) in [6.07, 6.45) is 2.91. The molecule has 0 spiro atoms. The van der Waals surface area contributed by atoms with E-state index in [1.165, 1.54) is 4.88 Å². The van der Waals surface area contributed by atoms with Gasteiger partial charge in [0, 0.05) is 10.3 Å². The van der Waals surface area contributed by atoms with Crippen molar-refractivity contribution in [2.45, 2.75) is 6.61 Å². The van der Waals surface area contributed by atoms with Gasteiger partial charge in [0.05, 0.1) is 5.52 Å². The lowest BCUT2D eigenvalue weighted by Gasteiger charge is -2.04. The number of thiophene rings is 1. The molecule has 1 radical (unpaired) electrons. The molecule has 2 heterocycles. The fourth-order valence-corrected chi connectivity index (χ4v) is 2.23. The van der Waals surface area contributed by atoms with E-state index >= 15 is 0 Å². The molecule has 0 amide bonds. The molecule has 0 saturated carbocycles. The van der Waals surface area contributed by atoms with Crippen LogP contribution in [-0.2, 0) is 6.61 Å². The quantitative estimate of drug-likeness (QED) is 0.696. The van der Waals surface area contributed by atoms with Crippen molar-refractivity contribution in [2.75, 3.05) is 0 Å². The highest BCUT2D eigenvalue weighted by Crippen LogP contribution is 2.19. The highest BCUT2D eigenvalue weighted by atomic mass is 32.1. The first-order valence-electron chi connectivity index (χ1n) is 5.34. The van der Waals surface area contributed by atoms with Crippen LogP contribution in [0.25, 0.3) is 10.9 Å². The minimum Gasteiger partial charge on any atom is -0.486 e. The third-order valence-electron chi connectivity index (χ3n) is 2.46. The molecule has 0 fully saturated rings. The Morgan fingerprint density at radius 3 is 3.00 bits per heavy atom. The van der Waals surface area contributed by atoms with E-state index in [1.54, 1.807) is 11.3 Å². The van der Waals surface area contributed by atoms with E-state index in [0.717, 1.165) is 10.9 Å². The molecule has 17 heavy (non-hydrogen) atoms. The van der Waals surface area contributed by atoms with Gasteiger partial charge in [-0.1, -0.05) is 24.3 Å². The zero-order chi connectivity index (χ0) is 11.5. The number of aromatic nitrogens is 1. The molecule has 3 rings (SSSR count). The monoisotopic (exact) mass is 240 g/mol. The maximum atomic E-state index is 5.65. The third-order valence-corrected chi connectivity index (χ3v) is 3.31. The van der Waals surface area contributed by atoms with E-state index in [2.05, 4.69) is 17.2 Å². The lowest BCUT2D eigenvalue weighted by Crippen LogP contribution is -1.93. The van der Waals surface area contributed by atoms with E-state index in [-0.39, 0.29) is 0 Å². The Morgan fingerprint density at radius 2 is 2.12 bits per heavy atom. The average Bonchev–Trinajstić information content (AvgIpc) is 2.89. The molecule has 0 aliphatic rings. The molecular weight excluding hydrogens is 230 g/mol. The van der Waals surface area contributed by atoms with Gasteiger partial charge in [-0.3, -0.25) is 0 Å². The number of hydrogen-bond donors (Lipinski definition) is 0. The van der Waals surface area contributed by atoms with E-state index in [0.29, 0.717) is 12.4 Å². The van der Waals surface area contributed by atoms with Gasteiger partial charge in [0.25, 0.3) is 0 Å². The molecule has 2 nitrogen and oxygen atoms in total. The predicted octanol–water partition coefficient (Wildman–Crippen LogP) is 3.68. The standard InChI is InChI=1S/C14H10NOS/c1-2-6-14-11(4-1)8-12(9-15-14)16-10-13-5-3-7-17-13/h1-8H,10H2. The van der Waals surface area contributed by atoms with E-state index in [1.807, 2.05) is 41.8 Å². The number of fused-ring (bicyclic) bond motifs is 1. The van der Waals surface area contributed by atoms with Gasteiger partial charge in [0.2, 0.25) is 0 Å². The van der Waals surface area contributed by atoms with Crippen LogP contribution >= 0.6 is 11.3 Å². The van der Waals surface area contributed by atoms with Crippen molar-refractivity contribution < 1.29 is 4.74 Å². The molecule has 0 aliphatic heterocycles. The fourth-order valence-electron chi connectivity index (χ4n) is 1.62. The van der Waals surface area contributed by atoms with Gasteiger partial charge in [-0.15, -0.1) is 11.3 Å². The summed E-state index contributed by atoms with van der Waals surface area (Å²) < 4.78 is 5.65. The summed E-state index contributed by atoms with van der Waals surface area (Å²) in [5.41, 5.74) is 0.941. The summed E-state index contributed by atoms with van der Waals surface area (Å²) >= 11 is 1.69. The third kappa shape index (κ3) is 2.29. The minimum atomic E-state index is 0.578. The maximum absolute atomic E-state index is 5.65. The second kappa shape index (κ2) is 4.55. The Labute approximate surface area is 104 Å². The van der Waals surface area contributed by atoms with Gasteiger partial charge in [-0.25, -0.2) is 4.98 Å². The molecule has 3 heteroatoms. The normalized spacial score (nSPS) is 10.6. The molecule has 3 aromatic rings. The molecule has 0 saturated heterocycles. The van der Waals surface area contributed by atoms with Gasteiger partial charge in [0.1, 0.15) is 18.6 Å². The predicted molar refractivity (Wildman–Crippen MR) is 69.2 cm³/mol. The van der Waals surface area contributed by atoms with E-state index in [9.17, 15) is 0 Å². The SMILES string of the molecule is [c]1nc2ccccc2cc1OCc1cccs1. The summed E-state index contributed by atoms with van der Waals surface area (Å²) in [7, 11) is 0. The Balaban J connectivity index is 1.81. The summed E-state index contributed by atoms with van der Waals surface area (Å²) in [6.45, 7) is 0.578. The Hall–Kier alpha value is -1.87. The molecule has 0 aliphatic carbocycles. The van der Waals surface area contributed by atoms with Crippen molar-refractivity contribution in [3.8, 4) is 5.75 Å². The first kappa shape index (κ1) is 10.3. The average molecular weight is 240 g/mol. The molecule has 0 bridgehead atoms. The van der Waals surface area contributed by atoms with Crippen molar-refractivity contribution in [1.82, 2.24) is 4.98 Å². The van der Waals surface area contributed by atoms with Gasteiger partial charge in [0.15, 0.2) is 0 Å². The summed E-state index contributed by atoms with van der Waals surface area (Å²) in [4.78, 5) is 5.44. The first-order chi connectivity index (χ1) is 8.42. The van der Waals surface area contributed by atoms with Crippen LogP contribution < -0.4 is 4.74 Å². The Morgan fingerprint density at radius 1 is 1.18 bits per heavy atom. The Kier molecular flexibility index (Phi) is 2.76. The van der Waals surface area contributed by atoms with Crippen LogP contribution in [0.3, 0.4) is 0 Å². The van der Waals surface area contributed by atoms with Crippen LogP contribution in [0.4, 0.5) is 0 Å². The maximum Gasteiger partial charge on any atom is 0.148 e. The van der Waals surface area contributed by atoms with E-state index in [4.69, 9.17) is 4.74 Å². The van der Waals surface area contributed by atoms with Crippen molar-refractivity contribution in [3.05, 3.63) is 58.9 Å². The number of pyridine rings is 1. The van der Waals surface area contributed by atoms with Crippen molar-refractivity contribution in [2.24, 2.45) is 0 Å². The Bertz CT molecular complexity index is 619. The minimum absolute atomic E-state index is 0.578. The van der Waals surface area contributed by atoms with E-state index < -0.39 is 0 Å². The van der Waals surface area contributed by atoms with Gasteiger partial charge >= 0.3 is 0 Å². The number of ether oxygens (including phenoxy) is 1. The number of benzene rings is 1. The molecule has 0 N–H and O–H groups in total. The number of rotatable bonds is 3. The van der Waals surface area contributed by atoms with Crippen LogP contribution in [-0.4, -0.2) is 4.98 Å². The van der Waals surface area contributed by atoms with Crippen LogP contribution in [0, 0.1) is 6.20 Å². The highest BCUT2D eigenvalue weighted by Gasteiger charge is 2.00. The molecule has 0 atom stereocenters. The molecule has 83 valence electrons. The largest absolute Gasteiger partial charge is 0.486 e. The van der Waals surface area contributed by atoms with Crippen molar-refractivity contribution in [1.29, 1.82) is 0 Å². The van der Waals surface area contributed by atoms with Crippen LogP contribution in [0.2, 0.25) is 0 Å². The molecule has 1 aromatic carbocycles. The number of para-hydroxylation sites is 1. The molecule has 0 unspecified atom stereocenters. The number of nitrogens with zero attached hydrogens (tertiary/aromatic N) is 1. The molecule has 2 aromatic heterocycles. The summed E-state index contributed by atoms with van der Waals surface area (Å²) in [5, 5.41) is 3.12. The van der Waals surface area contributed by atoms with Crippen LogP contribution in [0.15, 0.2) is 47.8 Å². The zero-order valence-corrected chi connectivity index (χ0v) is 9.91. The van der Waals surface area contributed by atoms with Gasteiger partial charge in [-0.2, -0.15) is 0 Å². The summed E-state index contributed by atoms with van der Waals surface area (Å²) in [5.74, 6) is 0.692. The van der Waals surface area contributed by atoms with Crippen LogP contribution in [0.1, 0.15) is 4.88 Å². The smallest absolute Gasteiger partial charge is 0.148 e. The highest BCUT2D eigenvalue weighted by molar-refractivity contribution is 7.09. The van der Waals surface area contributed by atoms with Crippen molar-refractivity contribution >= 4 is 22.2 Å². The lowest BCUT2D eigenvalue weighted by atomic mass is 10.2. The summed E-state index contributed by atoms with van der Waals surface area (Å²) in [6, 6.07) is 14.0. The lowest BCUT2D eigenvalue weighted by molar-refractivity contribution is 0.308. The van der Waals surface area contributed by atoms with Gasteiger partial charge < -0.3 is 4.74 Å². The second-order valence-corrected chi connectivity index (χ2v) is 4.69. The van der Waals surface area contributed by atoms with Crippen molar-refractivity contribution in [3.63, 3.8) is 0 Å². The second-order valence-electron chi connectivity index (χ2n) is 3.66. The van der Waals surface area contributed by atoms with Crippen LogP contribution in [0.5, 0.6) is 5.75 Å². The zero-order valence-electron chi connectivity index (χ0n) is 9.09. The molecular formula is C14H10NOS.